The molecule has 3 rings (SSSR count). The first-order valence-corrected chi connectivity index (χ1v) is 8.01. The van der Waals surface area contributed by atoms with Crippen molar-refractivity contribution in [1.82, 2.24) is 5.06 Å². The van der Waals surface area contributed by atoms with Gasteiger partial charge in [-0.3, -0.25) is 4.79 Å². The maximum Gasteiger partial charge on any atom is 0.277 e. The molecule has 5 heteroatoms. The molecule has 2 aromatic carbocycles. The van der Waals surface area contributed by atoms with Crippen molar-refractivity contribution < 1.29 is 14.4 Å². The summed E-state index contributed by atoms with van der Waals surface area (Å²) in [6.07, 6.45) is -0.692. The maximum absolute atomic E-state index is 12.6. The van der Waals surface area contributed by atoms with Crippen LogP contribution in [0.25, 0.3) is 0 Å². The third-order valence-corrected chi connectivity index (χ3v) is 3.93. The first-order chi connectivity index (χ1) is 11.5. The molecule has 0 aliphatic carbocycles. The zero-order valence-electron chi connectivity index (χ0n) is 14.2. The fourth-order valence-electron chi connectivity index (χ4n) is 2.60. The van der Waals surface area contributed by atoms with E-state index in [1.165, 1.54) is 5.06 Å². The number of carbonyl (C=O) groups is 1. The third-order valence-electron chi connectivity index (χ3n) is 3.93. The molecule has 0 saturated carbocycles. The summed E-state index contributed by atoms with van der Waals surface area (Å²) < 4.78 is 5.86. The highest BCUT2D eigenvalue weighted by Gasteiger charge is 2.31. The Labute approximate surface area is 142 Å². The number of ether oxygens (including phenoxy) is 1. The molecule has 0 spiro atoms. The molecule has 1 amide bonds. The summed E-state index contributed by atoms with van der Waals surface area (Å²) in [5.41, 5.74) is 2.59. The first-order valence-electron chi connectivity index (χ1n) is 8.01. The smallest absolute Gasteiger partial charge is 0.277 e. The Hall–Kier alpha value is -2.37. The lowest BCUT2D eigenvalue weighted by atomic mass is 10.1. The monoisotopic (exact) mass is 326 g/mol. The van der Waals surface area contributed by atoms with Crippen molar-refractivity contribution in [3.8, 4) is 0 Å². The van der Waals surface area contributed by atoms with Crippen molar-refractivity contribution in [2.75, 3.05) is 25.5 Å². The van der Waals surface area contributed by atoms with Gasteiger partial charge in [0.25, 0.3) is 5.91 Å². The van der Waals surface area contributed by atoms with Crippen LogP contribution in [0.3, 0.4) is 0 Å². The molecule has 126 valence electrons. The van der Waals surface area contributed by atoms with Crippen molar-refractivity contribution in [2.24, 2.45) is 0 Å². The Morgan fingerprint density at radius 1 is 1.08 bits per heavy atom. The molecule has 0 aromatic heterocycles. The van der Waals surface area contributed by atoms with Crippen LogP contribution in [0.15, 0.2) is 54.6 Å². The number of hydrogen-bond donors (Lipinski definition) is 0. The van der Waals surface area contributed by atoms with Gasteiger partial charge in [0, 0.05) is 30.9 Å². The van der Waals surface area contributed by atoms with E-state index in [2.05, 4.69) is 0 Å². The van der Waals surface area contributed by atoms with Crippen molar-refractivity contribution in [1.29, 1.82) is 0 Å². The second-order valence-corrected chi connectivity index (χ2v) is 6.10. The average molecular weight is 326 g/mol. The number of carbonyl (C=O) groups excluding carboxylic acids is 1. The highest BCUT2D eigenvalue weighted by atomic mass is 16.8. The highest BCUT2D eigenvalue weighted by molar-refractivity contribution is 5.93. The van der Waals surface area contributed by atoms with E-state index in [1.54, 1.807) is 12.1 Å². The van der Waals surface area contributed by atoms with Gasteiger partial charge in [0.05, 0.1) is 12.6 Å². The van der Waals surface area contributed by atoms with Gasteiger partial charge >= 0.3 is 0 Å². The van der Waals surface area contributed by atoms with Crippen LogP contribution in [-0.4, -0.2) is 37.7 Å². The van der Waals surface area contributed by atoms with Crippen LogP contribution in [0, 0.1) is 0 Å². The van der Waals surface area contributed by atoms with E-state index in [1.807, 2.05) is 68.4 Å². The summed E-state index contributed by atoms with van der Waals surface area (Å²) in [6.45, 7) is 2.34. The molecule has 2 atom stereocenters. The molecule has 1 saturated heterocycles. The zero-order valence-corrected chi connectivity index (χ0v) is 14.2. The predicted molar refractivity (Wildman–Crippen MR) is 92.6 cm³/mol. The van der Waals surface area contributed by atoms with Crippen LogP contribution in [0.1, 0.15) is 29.1 Å². The van der Waals surface area contributed by atoms with Crippen LogP contribution in [0.5, 0.6) is 0 Å². The SMILES string of the molecule is CC1CN(C(=O)c2ccccc2)OC(c2ccc(N(C)C)cc2)O1. The van der Waals surface area contributed by atoms with Crippen molar-refractivity contribution in [3.63, 3.8) is 0 Å². The fourth-order valence-corrected chi connectivity index (χ4v) is 2.60. The largest absolute Gasteiger partial charge is 0.378 e. The van der Waals surface area contributed by atoms with Gasteiger partial charge in [-0.15, -0.1) is 0 Å². The molecule has 0 radical (unpaired) electrons. The lowest BCUT2D eigenvalue weighted by Gasteiger charge is -2.36. The molecule has 0 N–H and O–H groups in total. The van der Waals surface area contributed by atoms with Crippen LogP contribution in [0.2, 0.25) is 0 Å². The maximum atomic E-state index is 12.6. The highest BCUT2D eigenvalue weighted by Crippen LogP contribution is 2.28. The molecule has 2 unspecified atom stereocenters. The summed E-state index contributed by atoms with van der Waals surface area (Å²) in [5.74, 6) is -0.152. The molecule has 24 heavy (non-hydrogen) atoms. The minimum Gasteiger partial charge on any atom is -0.378 e. The average Bonchev–Trinajstić information content (AvgIpc) is 2.61. The summed E-state index contributed by atoms with van der Waals surface area (Å²) in [7, 11) is 3.98. The van der Waals surface area contributed by atoms with E-state index in [9.17, 15) is 4.79 Å². The number of rotatable bonds is 3. The minimum absolute atomic E-state index is 0.107. The van der Waals surface area contributed by atoms with Gasteiger partial charge in [-0.25, -0.2) is 9.90 Å². The van der Waals surface area contributed by atoms with Gasteiger partial charge in [-0.2, -0.15) is 0 Å². The van der Waals surface area contributed by atoms with E-state index < -0.39 is 6.29 Å². The van der Waals surface area contributed by atoms with Crippen molar-refractivity contribution >= 4 is 11.6 Å². The summed E-state index contributed by atoms with van der Waals surface area (Å²) >= 11 is 0. The van der Waals surface area contributed by atoms with E-state index in [0.29, 0.717) is 12.1 Å². The van der Waals surface area contributed by atoms with Gasteiger partial charge in [0.2, 0.25) is 6.29 Å². The Balaban J connectivity index is 1.77. The zero-order chi connectivity index (χ0) is 17.1. The standard InChI is InChI=1S/C19H22N2O3/c1-14-13-21(18(22)15-7-5-4-6-8-15)24-19(23-14)16-9-11-17(12-10-16)20(2)3/h4-12,14,19H,13H2,1-3H3. The van der Waals surface area contributed by atoms with Crippen LogP contribution < -0.4 is 4.90 Å². The molecule has 5 nitrogen and oxygen atoms in total. The number of nitrogens with zero attached hydrogens (tertiary/aromatic N) is 2. The number of amides is 1. The van der Waals surface area contributed by atoms with E-state index in [-0.39, 0.29) is 12.0 Å². The van der Waals surface area contributed by atoms with Gasteiger partial charge in [0.15, 0.2) is 0 Å². The Bertz CT molecular complexity index is 686. The Morgan fingerprint density at radius 3 is 2.38 bits per heavy atom. The number of benzene rings is 2. The number of hydrogen-bond acceptors (Lipinski definition) is 4. The number of hydroxylamine groups is 2. The lowest BCUT2D eigenvalue weighted by molar-refractivity contribution is -0.320. The van der Waals surface area contributed by atoms with Gasteiger partial charge in [-0.1, -0.05) is 30.3 Å². The minimum atomic E-state index is -0.586. The fraction of sp³-hybridized carbons (Fsp3) is 0.316. The summed E-state index contributed by atoms with van der Waals surface area (Å²) in [6, 6.07) is 17.1. The molecule has 0 bridgehead atoms. The quantitative estimate of drug-likeness (QED) is 0.868. The first kappa shape index (κ1) is 16.5. The van der Waals surface area contributed by atoms with E-state index in [4.69, 9.17) is 9.57 Å². The Morgan fingerprint density at radius 2 is 1.75 bits per heavy atom. The normalized spacial score (nSPS) is 20.7. The van der Waals surface area contributed by atoms with Gasteiger partial charge in [-0.05, 0) is 31.2 Å². The molecule has 1 fully saturated rings. The van der Waals surface area contributed by atoms with Crippen molar-refractivity contribution in [3.05, 3.63) is 65.7 Å². The lowest BCUT2D eigenvalue weighted by Crippen LogP contribution is -2.44. The second-order valence-electron chi connectivity index (χ2n) is 6.10. The topological polar surface area (TPSA) is 42.0 Å². The van der Waals surface area contributed by atoms with Crippen LogP contribution in [-0.2, 0) is 9.57 Å². The molecular weight excluding hydrogens is 304 g/mol. The van der Waals surface area contributed by atoms with Gasteiger partial charge in [0.1, 0.15) is 0 Å². The molecule has 1 heterocycles. The third kappa shape index (κ3) is 3.58. The van der Waals surface area contributed by atoms with Crippen LogP contribution in [0.4, 0.5) is 5.69 Å². The molecular formula is C19H22N2O3. The van der Waals surface area contributed by atoms with E-state index >= 15 is 0 Å². The number of anilines is 1. The van der Waals surface area contributed by atoms with Gasteiger partial charge < -0.3 is 9.64 Å². The predicted octanol–water partition coefficient (Wildman–Crippen LogP) is 3.24. The Kier molecular flexibility index (Phi) is 4.83. The summed E-state index contributed by atoms with van der Waals surface area (Å²) in [5, 5.41) is 1.40. The summed E-state index contributed by atoms with van der Waals surface area (Å²) in [4.78, 5) is 20.4. The van der Waals surface area contributed by atoms with E-state index in [0.717, 1.165) is 11.3 Å². The molecule has 1 aliphatic heterocycles. The van der Waals surface area contributed by atoms with Crippen LogP contribution >= 0.6 is 0 Å². The molecule has 1 aliphatic rings. The molecule has 2 aromatic rings. The van der Waals surface area contributed by atoms with Crippen molar-refractivity contribution in [2.45, 2.75) is 19.3 Å². The second kappa shape index (κ2) is 7.03.